The second-order valence-corrected chi connectivity index (χ2v) is 4.62. The van der Waals surface area contributed by atoms with Crippen molar-refractivity contribution in [3.05, 3.63) is 52.6 Å². The summed E-state index contributed by atoms with van der Waals surface area (Å²) in [5.74, 6) is 0.400. The number of carbonyl (C=O) groups is 1. The molecule has 2 aromatic rings. The molecule has 0 aliphatic heterocycles. The Kier molecular flexibility index (Phi) is 2.90. The molecule has 1 aliphatic rings. The highest BCUT2D eigenvalue weighted by atomic mass is 16.5. The SMILES string of the molecule is COc1ccc(OC)c2c1C(=N)c1c(O)cccc1C2=O. The van der Waals surface area contributed by atoms with Gasteiger partial charge in [0.15, 0.2) is 5.78 Å². The monoisotopic (exact) mass is 283 g/mol. The fourth-order valence-corrected chi connectivity index (χ4v) is 2.63. The Morgan fingerprint density at radius 3 is 2.19 bits per heavy atom. The molecule has 0 radical (unpaired) electrons. The highest BCUT2D eigenvalue weighted by molar-refractivity contribution is 6.31. The van der Waals surface area contributed by atoms with Gasteiger partial charge in [0.1, 0.15) is 17.2 Å². The topological polar surface area (TPSA) is 79.6 Å². The molecule has 0 saturated carbocycles. The molecule has 0 heterocycles. The van der Waals surface area contributed by atoms with Crippen LogP contribution >= 0.6 is 0 Å². The number of methoxy groups -OCH3 is 2. The molecule has 1 aliphatic carbocycles. The molecule has 0 bridgehead atoms. The van der Waals surface area contributed by atoms with Crippen molar-refractivity contribution < 1.29 is 19.4 Å². The van der Waals surface area contributed by atoms with E-state index in [0.717, 1.165) is 0 Å². The third-order valence-corrected chi connectivity index (χ3v) is 3.58. The molecule has 21 heavy (non-hydrogen) atoms. The molecule has 106 valence electrons. The highest BCUT2D eigenvalue weighted by Gasteiger charge is 2.34. The number of carbonyl (C=O) groups excluding carboxylic acids is 1. The van der Waals surface area contributed by atoms with Gasteiger partial charge in [-0.05, 0) is 18.2 Å². The number of hydrogen-bond donors (Lipinski definition) is 2. The van der Waals surface area contributed by atoms with E-state index in [2.05, 4.69) is 0 Å². The van der Waals surface area contributed by atoms with Crippen LogP contribution in [0.5, 0.6) is 17.2 Å². The molecule has 0 unspecified atom stereocenters. The molecule has 0 fully saturated rings. The molecule has 5 nitrogen and oxygen atoms in total. The molecule has 0 aromatic heterocycles. The molecule has 5 heteroatoms. The summed E-state index contributed by atoms with van der Waals surface area (Å²) in [6, 6.07) is 7.91. The summed E-state index contributed by atoms with van der Waals surface area (Å²) >= 11 is 0. The second-order valence-electron chi connectivity index (χ2n) is 4.62. The van der Waals surface area contributed by atoms with Crippen LogP contribution in [-0.2, 0) is 0 Å². The molecule has 0 spiro atoms. The van der Waals surface area contributed by atoms with Crippen molar-refractivity contribution in [1.29, 1.82) is 5.41 Å². The average molecular weight is 283 g/mol. The van der Waals surface area contributed by atoms with Crippen LogP contribution in [0.25, 0.3) is 0 Å². The number of phenolic OH excluding ortho intramolecular Hbond substituents is 1. The number of fused-ring (bicyclic) bond motifs is 2. The fourth-order valence-electron chi connectivity index (χ4n) is 2.63. The maximum Gasteiger partial charge on any atom is 0.198 e. The van der Waals surface area contributed by atoms with E-state index in [-0.39, 0.29) is 22.8 Å². The van der Waals surface area contributed by atoms with E-state index >= 15 is 0 Å². The number of rotatable bonds is 2. The van der Waals surface area contributed by atoms with Crippen molar-refractivity contribution in [2.24, 2.45) is 0 Å². The Bertz CT molecular complexity index is 780. The van der Waals surface area contributed by atoms with Gasteiger partial charge >= 0.3 is 0 Å². The second kappa shape index (κ2) is 4.63. The zero-order chi connectivity index (χ0) is 15.1. The van der Waals surface area contributed by atoms with Gasteiger partial charge in [-0.3, -0.25) is 10.2 Å². The predicted molar refractivity (Wildman–Crippen MR) is 77.0 cm³/mol. The molecule has 3 rings (SSSR count). The van der Waals surface area contributed by atoms with Crippen LogP contribution in [0.2, 0.25) is 0 Å². The quantitative estimate of drug-likeness (QED) is 0.756. The van der Waals surface area contributed by atoms with Crippen LogP contribution in [0.4, 0.5) is 0 Å². The minimum Gasteiger partial charge on any atom is -0.507 e. The Balaban J connectivity index is 2.40. The first-order valence-corrected chi connectivity index (χ1v) is 6.31. The number of ether oxygens (including phenoxy) is 2. The lowest BCUT2D eigenvalue weighted by molar-refractivity contribution is 0.103. The van der Waals surface area contributed by atoms with E-state index < -0.39 is 0 Å². The number of aromatic hydroxyl groups is 1. The molecule has 2 N–H and O–H groups in total. The summed E-state index contributed by atoms with van der Waals surface area (Å²) in [6.07, 6.45) is 0. The third-order valence-electron chi connectivity index (χ3n) is 3.58. The third kappa shape index (κ3) is 1.71. The minimum atomic E-state index is -0.289. The van der Waals surface area contributed by atoms with Crippen molar-refractivity contribution in [2.45, 2.75) is 0 Å². The Labute approximate surface area is 121 Å². The molecule has 0 saturated heterocycles. The first-order chi connectivity index (χ1) is 10.1. The standard InChI is InChI=1S/C16H13NO4/c1-20-10-6-7-11(21-2)14-13(10)15(17)12-8(16(14)19)4-3-5-9(12)18/h3-7,17-18H,1-2H3. The largest absolute Gasteiger partial charge is 0.507 e. The lowest BCUT2D eigenvalue weighted by atomic mass is 9.82. The predicted octanol–water partition coefficient (Wildman–Crippen LogP) is 2.37. The molecular weight excluding hydrogens is 270 g/mol. The zero-order valence-electron chi connectivity index (χ0n) is 11.6. The first-order valence-electron chi connectivity index (χ1n) is 6.31. The normalized spacial score (nSPS) is 12.7. The van der Waals surface area contributed by atoms with Crippen molar-refractivity contribution in [3.63, 3.8) is 0 Å². The van der Waals surface area contributed by atoms with Gasteiger partial charge in [-0.25, -0.2) is 0 Å². The van der Waals surface area contributed by atoms with Crippen LogP contribution in [0.3, 0.4) is 0 Å². The zero-order valence-corrected chi connectivity index (χ0v) is 11.6. The van der Waals surface area contributed by atoms with E-state index in [1.54, 1.807) is 24.3 Å². The van der Waals surface area contributed by atoms with Gasteiger partial charge in [0.2, 0.25) is 0 Å². The summed E-state index contributed by atoms with van der Waals surface area (Å²) in [4.78, 5) is 12.7. The smallest absolute Gasteiger partial charge is 0.198 e. The Morgan fingerprint density at radius 1 is 0.952 bits per heavy atom. The lowest BCUT2D eigenvalue weighted by Crippen LogP contribution is -2.22. The van der Waals surface area contributed by atoms with E-state index in [4.69, 9.17) is 14.9 Å². The number of phenols is 1. The average Bonchev–Trinajstić information content (AvgIpc) is 2.50. The van der Waals surface area contributed by atoms with Crippen LogP contribution in [0.1, 0.15) is 27.0 Å². The van der Waals surface area contributed by atoms with Crippen LogP contribution in [0, 0.1) is 5.41 Å². The van der Waals surface area contributed by atoms with Crippen LogP contribution < -0.4 is 9.47 Å². The Morgan fingerprint density at radius 2 is 1.57 bits per heavy atom. The first kappa shape index (κ1) is 13.2. The van der Waals surface area contributed by atoms with E-state index in [1.165, 1.54) is 20.3 Å². The van der Waals surface area contributed by atoms with Gasteiger partial charge in [-0.2, -0.15) is 0 Å². The van der Waals surface area contributed by atoms with Crippen molar-refractivity contribution in [3.8, 4) is 17.2 Å². The summed E-state index contributed by atoms with van der Waals surface area (Å²) in [6.45, 7) is 0. The molecule has 0 amide bonds. The summed E-state index contributed by atoms with van der Waals surface area (Å²) < 4.78 is 10.5. The van der Waals surface area contributed by atoms with E-state index in [0.29, 0.717) is 28.2 Å². The van der Waals surface area contributed by atoms with Crippen molar-refractivity contribution in [1.82, 2.24) is 0 Å². The highest BCUT2D eigenvalue weighted by Crippen LogP contribution is 2.40. The van der Waals surface area contributed by atoms with Crippen molar-refractivity contribution >= 4 is 11.5 Å². The maximum absolute atomic E-state index is 12.7. The van der Waals surface area contributed by atoms with E-state index in [1.807, 2.05) is 0 Å². The van der Waals surface area contributed by atoms with Crippen molar-refractivity contribution in [2.75, 3.05) is 14.2 Å². The maximum atomic E-state index is 12.7. The number of ketones is 1. The van der Waals surface area contributed by atoms with Gasteiger partial charge < -0.3 is 14.6 Å². The van der Waals surface area contributed by atoms with Crippen LogP contribution in [0.15, 0.2) is 30.3 Å². The summed E-state index contributed by atoms with van der Waals surface area (Å²) in [7, 11) is 2.94. The summed E-state index contributed by atoms with van der Waals surface area (Å²) in [5, 5.41) is 18.3. The van der Waals surface area contributed by atoms with Gasteiger partial charge in [0.05, 0.1) is 36.6 Å². The van der Waals surface area contributed by atoms with Gasteiger partial charge in [-0.1, -0.05) is 12.1 Å². The fraction of sp³-hybridized carbons (Fsp3) is 0.125. The van der Waals surface area contributed by atoms with Crippen LogP contribution in [-0.4, -0.2) is 30.8 Å². The van der Waals surface area contributed by atoms with Gasteiger partial charge in [0.25, 0.3) is 0 Å². The van der Waals surface area contributed by atoms with Gasteiger partial charge in [0, 0.05) is 5.56 Å². The van der Waals surface area contributed by atoms with Gasteiger partial charge in [-0.15, -0.1) is 0 Å². The number of benzene rings is 2. The summed E-state index contributed by atoms with van der Waals surface area (Å²) in [5.41, 5.74) is 1.20. The number of hydrogen-bond acceptors (Lipinski definition) is 5. The molecule has 2 aromatic carbocycles. The minimum absolute atomic E-state index is 0.0495. The Hall–Kier alpha value is -2.82. The number of nitrogens with one attached hydrogen (secondary N) is 1. The van der Waals surface area contributed by atoms with E-state index in [9.17, 15) is 9.90 Å². The molecule has 0 atom stereocenters. The lowest BCUT2D eigenvalue weighted by Gasteiger charge is -2.23. The molecular formula is C16H13NO4.